The van der Waals surface area contributed by atoms with Crippen LogP contribution in [0.4, 0.5) is 10.1 Å². The van der Waals surface area contributed by atoms with Crippen LogP contribution in [0.15, 0.2) is 36.4 Å². The maximum atomic E-state index is 12.9. The molecular weight excluding hydrogens is 312 g/mol. The zero-order valence-corrected chi connectivity index (χ0v) is 11.7. The van der Waals surface area contributed by atoms with E-state index in [-0.39, 0.29) is 10.6 Å². The van der Waals surface area contributed by atoms with E-state index in [2.05, 4.69) is 5.32 Å². The average Bonchev–Trinajstić information content (AvgIpc) is 2.33. The Morgan fingerprint density at radius 3 is 2.32 bits per heavy atom. The Labute approximate surface area is 124 Å². The highest BCUT2D eigenvalue weighted by molar-refractivity contribution is 6.42. The smallest absolute Gasteiger partial charge is 0.257 e. The molecule has 1 amide bonds. The first-order chi connectivity index (χ1) is 8.97. The highest BCUT2D eigenvalue weighted by Crippen LogP contribution is 2.26. The molecule has 0 atom stereocenters. The highest BCUT2D eigenvalue weighted by Gasteiger charge is 2.11. The summed E-state index contributed by atoms with van der Waals surface area (Å²) in [7, 11) is 0. The lowest BCUT2D eigenvalue weighted by Crippen LogP contribution is -2.12. The zero-order valence-electron chi connectivity index (χ0n) is 9.38. The Morgan fingerprint density at radius 2 is 1.68 bits per heavy atom. The Kier molecular flexibility index (Phi) is 4.30. The van der Waals surface area contributed by atoms with E-state index < -0.39 is 11.7 Å². The Hall–Kier alpha value is -1.29. The van der Waals surface area contributed by atoms with Crippen molar-refractivity contribution in [1.29, 1.82) is 0 Å². The van der Waals surface area contributed by atoms with Crippen LogP contribution in [0.3, 0.4) is 0 Å². The molecule has 0 aromatic heterocycles. The van der Waals surface area contributed by atoms with Crippen LogP contribution in [0.5, 0.6) is 0 Å². The van der Waals surface area contributed by atoms with Crippen molar-refractivity contribution in [2.45, 2.75) is 0 Å². The van der Waals surface area contributed by atoms with Gasteiger partial charge in [0.1, 0.15) is 5.82 Å². The van der Waals surface area contributed by atoms with Crippen molar-refractivity contribution in [3.63, 3.8) is 0 Å². The van der Waals surface area contributed by atoms with Gasteiger partial charge in [0.15, 0.2) is 0 Å². The summed E-state index contributed by atoms with van der Waals surface area (Å²) in [5, 5.41) is 3.35. The van der Waals surface area contributed by atoms with E-state index in [0.29, 0.717) is 15.7 Å². The molecule has 0 saturated heterocycles. The number of nitrogens with one attached hydrogen (secondary N) is 1. The fourth-order valence-electron chi connectivity index (χ4n) is 1.45. The third-order valence-electron chi connectivity index (χ3n) is 2.35. The van der Waals surface area contributed by atoms with Gasteiger partial charge in [0.2, 0.25) is 0 Å². The number of amides is 1. The minimum Gasteiger partial charge on any atom is -0.322 e. The van der Waals surface area contributed by atoms with Crippen molar-refractivity contribution in [2.24, 2.45) is 0 Å². The lowest BCUT2D eigenvalue weighted by molar-refractivity contribution is 0.102. The molecule has 0 fully saturated rings. The van der Waals surface area contributed by atoms with Crippen LogP contribution in [0.25, 0.3) is 0 Å². The number of rotatable bonds is 2. The number of carbonyl (C=O) groups is 1. The van der Waals surface area contributed by atoms with E-state index in [9.17, 15) is 9.18 Å². The van der Waals surface area contributed by atoms with Gasteiger partial charge < -0.3 is 5.32 Å². The van der Waals surface area contributed by atoms with Gasteiger partial charge in [0, 0.05) is 5.69 Å². The summed E-state index contributed by atoms with van der Waals surface area (Å²) in [5.41, 5.74) is 0.647. The maximum absolute atomic E-state index is 12.9. The van der Waals surface area contributed by atoms with Crippen molar-refractivity contribution < 1.29 is 9.18 Å². The molecule has 0 unspecified atom stereocenters. The van der Waals surface area contributed by atoms with E-state index in [4.69, 9.17) is 34.8 Å². The van der Waals surface area contributed by atoms with Crippen molar-refractivity contribution in [1.82, 2.24) is 0 Å². The molecule has 0 spiro atoms. The number of halogens is 4. The summed E-state index contributed by atoms with van der Waals surface area (Å²) in [4.78, 5) is 11.9. The molecule has 0 aliphatic rings. The molecule has 2 nitrogen and oxygen atoms in total. The Bertz CT molecular complexity index is 646. The molecule has 98 valence electrons. The highest BCUT2D eigenvalue weighted by atomic mass is 35.5. The monoisotopic (exact) mass is 317 g/mol. The maximum Gasteiger partial charge on any atom is 0.257 e. The largest absolute Gasteiger partial charge is 0.322 e. The summed E-state index contributed by atoms with van der Waals surface area (Å²) < 4.78 is 12.9. The summed E-state index contributed by atoms with van der Waals surface area (Å²) in [6.07, 6.45) is 0. The number of anilines is 1. The molecule has 2 rings (SSSR count). The van der Waals surface area contributed by atoms with Crippen LogP contribution in [0.1, 0.15) is 10.4 Å². The molecule has 19 heavy (non-hydrogen) atoms. The number of carbonyl (C=O) groups excluding carboxylic acids is 1. The van der Waals surface area contributed by atoms with Gasteiger partial charge in [-0.25, -0.2) is 4.39 Å². The van der Waals surface area contributed by atoms with Crippen molar-refractivity contribution in [3.05, 3.63) is 62.8 Å². The first-order valence-electron chi connectivity index (χ1n) is 5.19. The number of hydrogen-bond acceptors (Lipinski definition) is 1. The third kappa shape index (κ3) is 3.38. The Morgan fingerprint density at radius 1 is 0.947 bits per heavy atom. The van der Waals surface area contributed by atoms with Gasteiger partial charge in [-0.3, -0.25) is 4.79 Å². The van der Waals surface area contributed by atoms with Gasteiger partial charge in [-0.05, 0) is 36.4 Å². The number of hydrogen-bond donors (Lipinski definition) is 1. The zero-order chi connectivity index (χ0) is 14.0. The van der Waals surface area contributed by atoms with Gasteiger partial charge in [-0.1, -0.05) is 34.8 Å². The summed E-state index contributed by atoms with van der Waals surface area (Å²) in [5.74, 6) is -0.959. The first-order valence-corrected chi connectivity index (χ1v) is 6.32. The SMILES string of the molecule is O=C(Nc1ccc(Cl)c(Cl)c1)c1ccc(F)cc1Cl. The third-order valence-corrected chi connectivity index (χ3v) is 3.40. The molecule has 6 heteroatoms. The van der Waals surface area contributed by atoms with Crippen LogP contribution < -0.4 is 5.32 Å². The molecule has 0 heterocycles. The lowest BCUT2D eigenvalue weighted by atomic mass is 10.2. The second-order valence-electron chi connectivity index (χ2n) is 3.71. The number of benzene rings is 2. The van der Waals surface area contributed by atoms with E-state index in [1.54, 1.807) is 12.1 Å². The van der Waals surface area contributed by atoms with E-state index >= 15 is 0 Å². The van der Waals surface area contributed by atoms with Crippen LogP contribution >= 0.6 is 34.8 Å². The summed E-state index contributed by atoms with van der Waals surface area (Å²) >= 11 is 17.4. The van der Waals surface area contributed by atoms with Crippen molar-refractivity contribution in [3.8, 4) is 0 Å². The predicted molar refractivity (Wildman–Crippen MR) is 75.8 cm³/mol. The van der Waals surface area contributed by atoms with Crippen LogP contribution in [-0.2, 0) is 0 Å². The minimum absolute atomic E-state index is 0.0394. The normalized spacial score (nSPS) is 10.3. The minimum atomic E-state index is -0.504. The van der Waals surface area contributed by atoms with Gasteiger partial charge >= 0.3 is 0 Å². The van der Waals surface area contributed by atoms with E-state index in [1.165, 1.54) is 12.1 Å². The van der Waals surface area contributed by atoms with Crippen LogP contribution in [0.2, 0.25) is 15.1 Å². The topological polar surface area (TPSA) is 29.1 Å². The van der Waals surface area contributed by atoms with E-state index in [1.807, 2.05) is 0 Å². The summed E-state index contributed by atoms with van der Waals surface area (Å²) in [6.45, 7) is 0. The Balaban J connectivity index is 2.23. The fraction of sp³-hybridized carbons (Fsp3) is 0. The molecule has 2 aromatic carbocycles. The molecule has 2 aromatic rings. The van der Waals surface area contributed by atoms with Gasteiger partial charge in [-0.2, -0.15) is 0 Å². The first kappa shape index (κ1) is 14.1. The molecule has 0 aliphatic carbocycles. The molecule has 0 saturated carbocycles. The van der Waals surface area contributed by atoms with E-state index in [0.717, 1.165) is 12.1 Å². The predicted octanol–water partition coefficient (Wildman–Crippen LogP) is 5.04. The van der Waals surface area contributed by atoms with Gasteiger partial charge in [0.25, 0.3) is 5.91 Å². The van der Waals surface area contributed by atoms with Crippen LogP contribution in [0, 0.1) is 5.82 Å². The lowest BCUT2D eigenvalue weighted by Gasteiger charge is -2.07. The molecule has 0 bridgehead atoms. The molecule has 1 N–H and O–H groups in total. The second kappa shape index (κ2) is 5.78. The second-order valence-corrected chi connectivity index (χ2v) is 4.93. The van der Waals surface area contributed by atoms with Crippen molar-refractivity contribution >= 4 is 46.4 Å². The summed E-state index contributed by atoms with van der Waals surface area (Å²) in [6, 6.07) is 8.22. The average molecular weight is 319 g/mol. The standard InChI is InChI=1S/C13H7Cl3FNO/c14-10-4-2-8(6-12(10)16)18-13(19)9-3-1-7(17)5-11(9)15/h1-6H,(H,18,19). The quantitative estimate of drug-likeness (QED) is 0.826. The molecular formula is C13H7Cl3FNO. The van der Waals surface area contributed by atoms with Crippen molar-refractivity contribution in [2.75, 3.05) is 5.32 Å². The fourth-order valence-corrected chi connectivity index (χ4v) is 2.00. The van der Waals surface area contributed by atoms with Gasteiger partial charge in [-0.15, -0.1) is 0 Å². The molecule has 0 aliphatic heterocycles. The van der Waals surface area contributed by atoms with Crippen LogP contribution in [-0.4, -0.2) is 5.91 Å². The molecule has 0 radical (unpaired) electrons. The van der Waals surface area contributed by atoms with Gasteiger partial charge in [0.05, 0.1) is 20.6 Å².